The van der Waals surface area contributed by atoms with Gasteiger partial charge in [0, 0.05) is 11.1 Å². The minimum absolute atomic E-state index is 0.0901. The molecule has 84 valence electrons. The van der Waals surface area contributed by atoms with Crippen LogP contribution in [-0.2, 0) is 5.41 Å². The SMILES string of the molecule is c1ccc2c(c1)OCC21COc2ccccc21. The molecular weight excluding hydrogens is 212 g/mol. The second-order valence-corrected chi connectivity index (χ2v) is 4.65. The van der Waals surface area contributed by atoms with Crippen molar-refractivity contribution in [2.24, 2.45) is 0 Å². The minimum atomic E-state index is -0.0901. The van der Waals surface area contributed by atoms with Crippen LogP contribution in [0.15, 0.2) is 48.5 Å². The van der Waals surface area contributed by atoms with Crippen LogP contribution in [0.4, 0.5) is 0 Å². The molecule has 2 aromatic carbocycles. The Bertz CT molecular complexity index is 535. The molecule has 2 aliphatic heterocycles. The van der Waals surface area contributed by atoms with Crippen molar-refractivity contribution in [2.75, 3.05) is 13.2 Å². The van der Waals surface area contributed by atoms with Crippen molar-refractivity contribution in [3.05, 3.63) is 59.7 Å². The minimum Gasteiger partial charge on any atom is -0.492 e. The van der Waals surface area contributed by atoms with Crippen molar-refractivity contribution in [1.82, 2.24) is 0 Å². The van der Waals surface area contributed by atoms with Gasteiger partial charge in [-0.25, -0.2) is 0 Å². The van der Waals surface area contributed by atoms with Crippen molar-refractivity contribution in [3.8, 4) is 11.5 Å². The van der Waals surface area contributed by atoms with E-state index in [4.69, 9.17) is 9.47 Å². The Kier molecular flexibility index (Phi) is 1.63. The van der Waals surface area contributed by atoms with E-state index >= 15 is 0 Å². The molecule has 0 unspecified atom stereocenters. The molecule has 4 rings (SSSR count). The second-order valence-electron chi connectivity index (χ2n) is 4.65. The third-order valence-electron chi connectivity index (χ3n) is 3.75. The van der Waals surface area contributed by atoms with Crippen molar-refractivity contribution in [2.45, 2.75) is 5.41 Å². The summed E-state index contributed by atoms with van der Waals surface area (Å²) in [6.07, 6.45) is 0. The topological polar surface area (TPSA) is 18.5 Å². The van der Waals surface area contributed by atoms with Crippen LogP contribution in [-0.4, -0.2) is 13.2 Å². The van der Waals surface area contributed by atoms with Gasteiger partial charge < -0.3 is 9.47 Å². The maximum absolute atomic E-state index is 5.81. The summed E-state index contributed by atoms with van der Waals surface area (Å²) in [5.74, 6) is 1.99. The third kappa shape index (κ3) is 1.05. The van der Waals surface area contributed by atoms with Gasteiger partial charge in [-0.05, 0) is 12.1 Å². The molecule has 0 radical (unpaired) electrons. The first-order valence-corrected chi connectivity index (χ1v) is 5.85. The molecule has 0 N–H and O–H groups in total. The number of para-hydroxylation sites is 2. The van der Waals surface area contributed by atoms with E-state index in [9.17, 15) is 0 Å². The Labute approximate surface area is 99.8 Å². The van der Waals surface area contributed by atoms with Crippen LogP contribution in [0, 0.1) is 0 Å². The molecule has 0 fully saturated rings. The average molecular weight is 224 g/mol. The monoisotopic (exact) mass is 224 g/mol. The number of rotatable bonds is 0. The molecule has 0 atom stereocenters. The molecule has 2 aliphatic rings. The summed E-state index contributed by atoms with van der Waals surface area (Å²) in [6, 6.07) is 16.5. The van der Waals surface area contributed by atoms with E-state index < -0.39 is 0 Å². The lowest BCUT2D eigenvalue weighted by Gasteiger charge is -2.20. The van der Waals surface area contributed by atoms with Crippen LogP contribution in [0.1, 0.15) is 11.1 Å². The van der Waals surface area contributed by atoms with Gasteiger partial charge in [-0.15, -0.1) is 0 Å². The summed E-state index contributed by atoms with van der Waals surface area (Å²) in [7, 11) is 0. The number of fused-ring (bicyclic) bond motifs is 4. The highest BCUT2D eigenvalue weighted by atomic mass is 16.5. The number of ether oxygens (including phenoxy) is 2. The van der Waals surface area contributed by atoms with Crippen molar-refractivity contribution in [3.63, 3.8) is 0 Å². The first-order valence-electron chi connectivity index (χ1n) is 5.85. The highest BCUT2D eigenvalue weighted by Crippen LogP contribution is 2.49. The highest BCUT2D eigenvalue weighted by molar-refractivity contribution is 5.57. The molecule has 0 bridgehead atoms. The summed E-state index contributed by atoms with van der Waals surface area (Å²) in [5.41, 5.74) is 2.42. The Morgan fingerprint density at radius 3 is 1.71 bits per heavy atom. The van der Waals surface area contributed by atoms with Gasteiger partial charge in [-0.3, -0.25) is 0 Å². The van der Waals surface area contributed by atoms with Gasteiger partial charge in [0.2, 0.25) is 0 Å². The molecule has 1 spiro atoms. The van der Waals surface area contributed by atoms with E-state index in [0.717, 1.165) is 11.5 Å². The van der Waals surface area contributed by atoms with Gasteiger partial charge in [0.25, 0.3) is 0 Å². The summed E-state index contributed by atoms with van der Waals surface area (Å²) in [4.78, 5) is 0. The molecule has 0 aliphatic carbocycles. The molecule has 2 heteroatoms. The van der Waals surface area contributed by atoms with Crippen molar-refractivity contribution in [1.29, 1.82) is 0 Å². The normalized spacial score (nSPS) is 18.4. The summed E-state index contributed by atoms with van der Waals surface area (Å²) in [6.45, 7) is 1.37. The lowest BCUT2D eigenvalue weighted by molar-refractivity contribution is 0.238. The Morgan fingerprint density at radius 2 is 1.18 bits per heavy atom. The van der Waals surface area contributed by atoms with Crippen LogP contribution < -0.4 is 9.47 Å². The molecule has 0 aromatic heterocycles. The Hall–Kier alpha value is -1.96. The van der Waals surface area contributed by atoms with Crippen LogP contribution in [0.2, 0.25) is 0 Å². The second kappa shape index (κ2) is 3.04. The molecule has 2 nitrogen and oxygen atoms in total. The van der Waals surface area contributed by atoms with Crippen molar-refractivity contribution < 1.29 is 9.47 Å². The fourth-order valence-corrected chi connectivity index (χ4v) is 2.88. The van der Waals surface area contributed by atoms with E-state index in [1.54, 1.807) is 0 Å². The molecule has 2 heterocycles. The van der Waals surface area contributed by atoms with E-state index in [1.165, 1.54) is 11.1 Å². The van der Waals surface area contributed by atoms with Crippen LogP contribution in [0.25, 0.3) is 0 Å². The van der Waals surface area contributed by atoms with Crippen LogP contribution >= 0.6 is 0 Å². The standard InChI is InChI=1S/C15H12O2/c1-3-7-13-11(5-1)15(9-16-13)10-17-14-8-4-2-6-12(14)15/h1-8H,9-10H2. The van der Waals surface area contributed by atoms with Gasteiger partial charge in [0.05, 0.1) is 5.41 Å². The largest absolute Gasteiger partial charge is 0.492 e. The molecular formula is C15H12O2. The summed E-state index contributed by atoms with van der Waals surface area (Å²) in [5, 5.41) is 0. The number of benzene rings is 2. The average Bonchev–Trinajstić information content (AvgIpc) is 2.95. The predicted octanol–water partition coefficient (Wildman–Crippen LogP) is 2.76. The van der Waals surface area contributed by atoms with E-state index in [-0.39, 0.29) is 5.41 Å². The quantitative estimate of drug-likeness (QED) is 0.685. The zero-order valence-corrected chi connectivity index (χ0v) is 9.35. The third-order valence-corrected chi connectivity index (χ3v) is 3.75. The fraction of sp³-hybridized carbons (Fsp3) is 0.200. The van der Waals surface area contributed by atoms with Gasteiger partial charge in [-0.1, -0.05) is 36.4 Å². The van der Waals surface area contributed by atoms with Crippen LogP contribution in [0.3, 0.4) is 0 Å². The van der Waals surface area contributed by atoms with Gasteiger partial charge in [0.1, 0.15) is 24.7 Å². The molecule has 2 aromatic rings. The summed E-state index contributed by atoms with van der Waals surface area (Å²) < 4.78 is 11.6. The zero-order valence-electron chi connectivity index (χ0n) is 9.35. The molecule has 0 amide bonds. The Morgan fingerprint density at radius 1 is 0.706 bits per heavy atom. The fourth-order valence-electron chi connectivity index (χ4n) is 2.88. The lowest BCUT2D eigenvalue weighted by Crippen LogP contribution is -2.31. The zero-order chi connectivity index (χ0) is 11.3. The molecule has 0 saturated heterocycles. The number of hydrogen-bond acceptors (Lipinski definition) is 2. The highest BCUT2D eigenvalue weighted by Gasteiger charge is 2.48. The first-order chi connectivity index (χ1) is 8.40. The summed E-state index contributed by atoms with van der Waals surface area (Å²) >= 11 is 0. The smallest absolute Gasteiger partial charge is 0.123 e. The maximum Gasteiger partial charge on any atom is 0.123 e. The first kappa shape index (κ1) is 9.11. The number of hydrogen-bond donors (Lipinski definition) is 0. The maximum atomic E-state index is 5.81. The predicted molar refractivity (Wildman–Crippen MR) is 64.7 cm³/mol. The van der Waals surface area contributed by atoms with E-state index in [2.05, 4.69) is 24.3 Å². The lowest BCUT2D eigenvalue weighted by atomic mass is 9.78. The van der Waals surface area contributed by atoms with Crippen molar-refractivity contribution >= 4 is 0 Å². The Balaban J connectivity index is 1.97. The molecule has 0 saturated carbocycles. The van der Waals surface area contributed by atoms with Gasteiger partial charge >= 0.3 is 0 Å². The van der Waals surface area contributed by atoms with E-state index in [0.29, 0.717) is 13.2 Å². The van der Waals surface area contributed by atoms with E-state index in [1.807, 2.05) is 24.3 Å². The van der Waals surface area contributed by atoms with Crippen LogP contribution in [0.5, 0.6) is 11.5 Å². The molecule has 17 heavy (non-hydrogen) atoms. The van der Waals surface area contributed by atoms with Gasteiger partial charge in [-0.2, -0.15) is 0 Å². The van der Waals surface area contributed by atoms with Gasteiger partial charge in [0.15, 0.2) is 0 Å².